The van der Waals surface area contributed by atoms with Crippen LogP contribution >= 0.6 is 0 Å². The Morgan fingerprint density at radius 1 is 1.13 bits per heavy atom. The molecule has 0 N–H and O–H groups in total. The summed E-state index contributed by atoms with van der Waals surface area (Å²) < 4.78 is 13.3. The normalized spacial score (nSPS) is 23.2. The smallest absolute Gasteiger partial charge is 0.254 e. The minimum atomic E-state index is -0.382. The highest BCUT2D eigenvalue weighted by Gasteiger charge is 2.51. The SMILES string of the molecule is O=C(c1cccc(F)c1)N1CCC2(CCN2c2ncccn2)C1. The molecule has 1 amide bonds. The summed E-state index contributed by atoms with van der Waals surface area (Å²) in [4.78, 5) is 25.2. The largest absolute Gasteiger partial charge is 0.336 e. The average Bonchev–Trinajstić information content (AvgIpc) is 3.02. The van der Waals surface area contributed by atoms with Crippen LogP contribution in [-0.4, -0.2) is 45.9 Å². The summed E-state index contributed by atoms with van der Waals surface area (Å²) in [6, 6.07) is 7.68. The number of rotatable bonds is 2. The zero-order valence-corrected chi connectivity index (χ0v) is 12.7. The van der Waals surface area contributed by atoms with E-state index in [-0.39, 0.29) is 17.3 Å². The van der Waals surface area contributed by atoms with Gasteiger partial charge < -0.3 is 9.80 Å². The molecule has 23 heavy (non-hydrogen) atoms. The van der Waals surface area contributed by atoms with Crippen LogP contribution in [0.3, 0.4) is 0 Å². The van der Waals surface area contributed by atoms with Gasteiger partial charge in [0.25, 0.3) is 5.91 Å². The van der Waals surface area contributed by atoms with Crippen LogP contribution in [0.4, 0.5) is 10.3 Å². The molecule has 2 saturated heterocycles. The van der Waals surface area contributed by atoms with Gasteiger partial charge in [0.15, 0.2) is 0 Å². The first-order valence-electron chi connectivity index (χ1n) is 7.77. The lowest BCUT2D eigenvalue weighted by molar-refractivity contribution is 0.0775. The second kappa shape index (κ2) is 5.30. The molecule has 0 saturated carbocycles. The number of hydrogen-bond donors (Lipinski definition) is 0. The minimum Gasteiger partial charge on any atom is -0.336 e. The van der Waals surface area contributed by atoms with Gasteiger partial charge in [0, 0.05) is 37.6 Å². The van der Waals surface area contributed by atoms with Gasteiger partial charge in [-0.25, -0.2) is 14.4 Å². The van der Waals surface area contributed by atoms with Gasteiger partial charge >= 0.3 is 0 Å². The molecule has 0 radical (unpaired) electrons. The Balaban J connectivity index is 1.52. The fourth-order valence-electron chi connectivity index (χ4n) is 3.54. The molecule has 118 valence electrons. The van der Waals surface area contributed by atoms with Gasteiger partial charge in [0.05, 0.1) is 5.54 Å². The highest BCUT2D eigenvalue weighted by Crippen LogP contribution is 2.41. The molecule has 1 atom stereocenters. The van der Waals surface area contributed by atoms with Gasteiger partial charge in [-0.05, 0) is 37.1 Å². The molecule has 1 spiro atoms. The highest BCUT2D eigenvalue weighted by molar-refractivity contribution is 5.94. The minimum absolute atomic E-state index is 0.0651. The molecule has 0 aliphatic carbocycles. The molecular formula is C17H17FN4O. The van der Waals surface area contributed by atoms with Gasteiger partial charge in [0.1, 0.15) is 5.82 Å². The van der Waals surface area contributed by atoms with Crippen molar-refractivity contribution < 1.29 is 9.18 Å². The van der Waals surface area contributed by atoms with E-state index in [4.69, 9.17) is 0 Å². The van der Waals surface area contributed by atoms with E-state index in [0.29, 0.717) is 18.7 Å². The van der Waals surface area contributed by atoms with Crippen LogP contribution in [0.1, 0.15) is 23.2 Å². The lowest BCUT2D eigenvalue weighted by Gasteiger charge is -2.50. The number of hydrogen-bond acceptors (Lipinski definition) is 4. The fraction of sp³-hybridized carbons (Fsp3) is 0.353. The van der Waals surface area contributed by atoms with Gasteiger partial charge in [-0.15, -0.1) is 0 Å². The van der Waals surface area contributed by atoms with Crippen molar-refractivity contribution in [3.05, 3.63) is 54.1 Å². The molecule has 5 nitrogen and oxygen atoms in total. The Morgan fingerprint density at radius 3 is 2.61 bits per heavy atom. The number of carbonyl (C=O) groups excluding carboxylic acids is 1. The van der Waals surface area contributed by atoms with Crippen LogP contribution in [0, 0.1) is 5.82 Å². The van der Waals surface area contributed by atoms with Gasteiger partial charge in [-0.2, -0.15) is 0 Å². The van der Waals surface area contributed by atoms with Crippen molar-refractivity contribution in [2.75, 3.05) is 24.5 Å². The standard InChI is InChI=1S/C17H17FN4O/c18-14-4-1-3-13(11-14)15(23)21-9-5-17(12-21)6-10-22(17)16-19-7-2-8-20-16/h1-4,7-8,11H,5-6,9-10,12H2. The Hall–Kier alpha value is -2.50. The van der Waals surface area contributed by atoms with Gasteiger partial charge in [-0.3, -0.25) is 4.79 Å². The van der Waals surface area contributed by atoms with Crippen LogP contribution in [0.2, 0.25) is 0 Å². The second-order valence-corrected chi connectivity index (χ2v) is 6.16. The Bertz CT molecular complexity index is 738. The first kappa shape index (κ1) is 14.1. The fourth-order valence-corrected chi connectivity index (χ4v) is 3.54. The number of nitrogens with zero attached hydrogens (tertiary/aromatic N) is 4. The number of amides is 1. The number of aromatic nitrogens is 2. The van der Waals surface area contributed by atoms with Gasteiger partial charge in [-0.1, -0.05) is 6.07 Å². The first-order valence-corrected chi connectivity index (χ1v) is 7.77. The van der Waals surface area contributed by atoms with Crippen molar-refractivity contribution in [2.24, 2.45) is 0 Å². The number of benzene rings is 1. The van der Waals surface area contributed by atoms with Crippen LogP contribution < -0.4 is 4.90 Å². The van der Waals surface area contributed by atoms with E-state index >= 15 is 0 Å². The van der Waals surface area contributed by atoms with Crippen LogP contribution in [0.15, 0.2) is 42.7 Å². The van der Waals surface area contributed by atoms with Crippen molar-refractivity contribution in [3.63, 3.8) is 0 Å². The van der Waals surface area contributed by atoms with Crippen LogP contribution in [-0.2, 0) is 0 Å². The average molecular weight is 312 g/mol. The maximum Gasteiger partial charge on any atom is 0.254 e. The Labute approximate surface area is 133 Å². The summed E-state index contributed by atoms with van der Waals surface area (Å²) in [5, 5.41) is 0. The molecule has 2 fully saturated rings. The maximum absolute atomic E-state index is 13.3. The van der Waals surface area contributed by atoms with Crippen molar-refractivity contribution in [1.29, 1.82) is 0 Å². The van der Waals surface area contributed by atoms with E-state index in [1.54, 1.807) is 30.6 Å². The van der Waals surface area contributed by atoms with Crippen molar-refractivity contribution >= 4 is 11.9 Å². The summed E-state index contributed by atoms with van der Waals surface area (Å²) in [6.07, 6.45) is 5.39. The number of halogens is 1. The van der Waals surface area contributed by atoms with E-state index in [0.717, 1.165) is 25.3 Å². The van der Waals surface area contributed by atoms with Crippen molar-refractivity contribution in [3.8, 4) is 0 Å². The second-order valence-electron chi connectivity index (χ2n) is 6.16. The molecule has 1 unspecified atom stereocenters. The van der Waals surface area contributed by atoms with Crippen molar-refractivity contribution in [2.45, 2.75) is 18.4 Å². The predicted octanol–water partition coefficient (Wildman–Crippen LogP) is 2.11. The summed E-state index contributed by atoms with van der Waals surface area (Å²) >= 11 is 0. The molecular weight excluding hydrogens is 295 g/mol. The van der Waals surface area contributed by atoms with E-state index in [1.807, 2.05) is 4.90 Å². The zero-order valence-electron chi connectivity index (χ0n) is 12.7. The number of anilines is 1. The molecule has 3 heterocycles. The summed E-state index contributed by atoms with van der Waals surface area (Å²) in [5.74, 6) is 0.230. The topological polar surface area (TPSA) is 49.3 Å². The molecule has 1 aromatic heterocycles. The molecule has 2 aliphatic heterocycles. The highest BCUT2D eigenvalue weighted by atomic mass is 19.1. The molecule has 2 aliphatic rings. The molecule has 2 aromatic rings. The first-order chi connectivity index (χ1) is 11.2. The van der Waals surface area contributed by atoms with Gasteiger partial charge in [0.2, 0.25) is 5.95 Å². The van der Waals surface area contributed by atoms with Crippen LogP contribution in [0.5, 0.6) is 0 Å². The quantitative estimate of drug-likeness (QED) is 0.852. The predicted molar refractivity (Wildman–Crippen MR) is 83.6 cm³/mol. The lowest BCUT2D eigenvalue weighted by atomic mass is 9.84. The molecule has 6 heteroatoms. The zero-order chi connectivity index (χ0) is 15.9. The van der Waals surface area contributed by atoms with E-state index in [2.05, 4.69) is 14.9 Å². The Morgan fingerprint density at radius 2 is 1.91 bits per heavy atom. The van der Waals surface area contributed by atoms with Crippen LogP contribution in [0.25, 0.3) is 0 Å². The van der Waals surface area contributed by atoms with E-state index < -0.39 is 0 Å². The third-order valence-corrected chi connectivity index (χ3v) is 4.86. The summed E-state index contributed by atoms with van der Waals surface area (Å²) in [6.45, 7) is 2.23. The lowest BCUT2D eigenvalue weighted by Crippen LogP contribution is -2.62. The molecule has 1 aromatic carbocycles. The van der Waals surface area contributed by atoms with E-state index in [1.165, 1.54) is 12.1 Å². The third-order valence-electron chi connectivity index (χ3n) is 4.86. The monoisotopic (exact) mass is 312 g/mol. The maximum atomic E-state index is 13.3. The molecule has 4 rings (SSSR count). The molecule has 0 bridgehead atoms. The Kier molecular flexibility index (Phi) is 3.25. The van der Waals surface area contributed by atoms with E-state index in [9.17, 15) is 9.18 Å². The summed E-state index contributed by atoms with van der Waals surface area (Å²) in [5.41, 5.74) is 0.341. The summed E-state index contributed by atoms with van der Waals surface area (Å²) in [7, 11) is 0. The van der Waals surface area contributed by atoms with Crippen molar-refractivity contribution in [1.82, 2.24) is 14.9 Å². The number of carbonyl (C=O) groups is 1. The third kappa shape index (κ3) is 2.34. The number of likely N-dealkylation sites (tertiary alicyclic amines) is 1.